The molecule has 1 aromatic rings. The van der Waals surface area contributed by atoms with Gasteiger partial charge in [-0.1, -0.05) is 13.0 Å². The maximum Gasteiger partial charge on any atom is 0.322 e. The number of carbonyl (C=O) groups excluding carboxylic acids is 1. The van der Waals surface area contributed by atoms with E-state index in [1.165, 1.54) is 24.8 Å². The Hall–Kier alpha value is -2.18. The van der Waals surface area contributed by atoms with Crippen LogP contribution < -0.4 is 5.32 Å². The number of hydrogen-bond donors (Lipinski definition) is 2. The molecule has 0 bridgehead atoms. The summed E-state index contributed by atoms with van der Waals surface area (Å²) in [5, 5.41) is 11.0. The molecule has 0 saturated carbocycles. The van der Waals surface area contributed by atoms with Crippen molar-refractivity contribution in [2.75, 3.05) is 18.4 Å². The van der Waals surface area contributed by atoms with Gasteiger partial charge in [0.1, 0.15) is 11.5 Å². The number of benzene rings is 1. The van der Waals surface area contributed by atoms with Gasteiger partial charge in [0.05, 0.1) is 5.92 Å². The molecule has 0 aliphatic rings. The number of urea groups is 1. The molecule has 21 heavy (non-hydrogen) atoms. The third-order valence-corrected chi connectivity index (χ3v) is 3.10. The number of carbonyl (C=O) groups is 2. The summed E-state index contributed by atoms with van der Waals surface area (Å²) in [5.41, 5.74) is -0.324. The Kier molecular flexibility index (Phi) is 5.63. The summed E-state index contributed by atoms with van der Waals surface area (Å²) in [6, 6.07) is 1.59. The molecule has 1 rings (SSSR count). The summed E-state index contributed by atoms with van der Waals surface area (Å²) >= 11 is 0. The lowest BCUT2D eigenvalue weighted by atomic mass is 10.1. The molecule has 0 heterocycles. The van der Waals surface area contributed by atoms with Crippen LogP contribution >= 0.6 is 0 Å². The van der Waals surface area contributed by atoms with Crippen molar-refractivity contribution < 1.29 is 23.5 Å². The molecular formula is C14H18F2N2O3. The molecule has 0 aliphatic carbocycles. The highest BCUT2D eigenvalue weighted by atomic mass is 19.1. The van der Waals surface area contributed by atoms with Crippen LogP contribution in [0.15, 0.2) is 12.1 Å². The summed E-state index contributed by atoms with van der Waals surface area (Å²) in [6.07, 6.45) is 0. The van der Waals surface area contributed by atoms with Crippen molar-refractivity contribution in [1.29, 1.82) is 0 Å². The molecule has 0 aromatic heterocycles. The van der Waals surface area contributed by atoms with Gasteiger partial charge in [0, 0.05) is 13.1 Å². The van der Waals surface area contributed by atoms with Gasteiger partial charge in [-0.05, 0) is 25.5 Å². The standard InChI is InChI=1S/C14H18F2N2O3/c1-4-18(7-9(3)13(19)20)14(21)17-12-10(15)6-5-8(2)11(12)16/h5-6,9H,4,7H2,1-3H3,(H,17,21)(H,19,20). The first kappa shape index (κ1) is 16.9. The van der Waals surface area contributed by atoms with Crippen LogP contribution in [0.4, 0.5) is 19.3 Å². The fourth-order valence-electron chi connectivity index (χ4n) is 1.72. The van der Waals surface area contributed by atoms with Crippen molar-refractivity contribution in [2.24, 2.45) is 5.92 Å². The average Bonchev–Trinajstić information content (AvgIpc) is 2.44. The second-order valence-electron chi connectivity index (χ2n) is 4.76. The third kappa shape index (κ3) is 4.14. The Bertz CT molecular complexity index is 549. The number of aryl methyl sites for hydroxylation is 1. The van der Waals surface area contributed by atoms with Crippen LogP contribution in [0.2, 0.25) is 0 Å². The third-order valence-electron chi connectivity index (χ3n) is 3.10. The second-order valence-corrected chi connectivity index (χ2v) is 4.76. The fourth-order valence-corrected chi connectivity index (χ4v) is 1.72. The topological polar surface area (TPSA) is 69.6 Å². The lowest BCUT2D eigenvalue weighted by Crippen LogP contribution is -2.39. The Morgan fingerprint density at radius 2 is 2.00 bits per heavy atom. The number of rotatable bonds is 5. The van der Waals surface area contributed by atoms with E-state index in [4.69, 9.17) is 5.11 Å². The smallest absolute Gasteiger partial charge is 0.322 e. The summed E-state index contributed by atoms with van der Waals surface area (Å²) in [7, 11) is 0. The quantitative estimate of drug-likeness (QED) is 0.878. The predicted octanol–water partition coefficient (Wildman–Crippen LogP) is 2.85. The van der Waals surface area contributed by atoms with Gasteiger partial charge >= 0.3 is 12.0 Å². The lowest BCUT2D eigenvalue weighted by molar-refractivity contribution is -0.141. The van der Waals surface area contributed by atoms with E-state index in [0.717, 1.165) is 6.07 Å². The van der Waals surface area contributed by atoms with Crippen molar-refractivity contribution in [2.45, 2.75) is 20.8 Å². The first-order valence-electron chi connectivity index (χ1n) is 6.51. The molecule has 0 fully saturated rings. The van der Waals surface area contributed by atoms with Crippen LogP contribution in [-0.2, 0) is 4.79 Å². The highest BCUT2D eigenvalue weighted by molar-refractivity contribution is 5.90. The Labute approximate surface area is 121 Å². The molecule has 0 saturated heterocycles. The first-order valence-corrected chi connectivity index (χ1v) is 6.51. The highest BCUT2D eigenvalue weighted by Gasteiger charge is 2.21. The molecule has 7 heteroatoms. The summed E-state index contributed by atoms with van der Waals surface area (Å²) in [4.78, 5) is 24.0. The minimum atomic E-state index is -1.05. The molecular weight excluding hydrogens is 282 g/mol. The second kappa shape index (κ2) is 7.01. The van der Waals surface area contributed by atoms with E-state index in [2.05, 4.69) is 5.32 Å². The van der Waals surface area contributed by atoms with Crippen LogP contribution in [0.3, 0.4) is 0 Å². The Balaban J connectivity index is 2.89. The van der Waals surface area contributed by atoms with Crippen LogP contribution in [0, 0.1) is 24.5 Å². The van der Waals surface area contributed by atoms with E-state index in [9.17, 15) is 18.4 Å². The molecule has 116 valence electrons. The Morgan fingerprint density at radius 3 is 2.52 bits per heavy atom. The summed E-state index contributed by atoms with van der Waals surface area (Å²) in [6.45, 7) is 4.73. The van der Waals surface area contributed by atoms with Crippen LogP contribution in [-0.4, -0.2) is 35.1 Å². The van der Waals surface area contributed by atoms with E-state index in [0.29, 0.717) is 0 Å². The van der Waals surface area contributed by atoms with E-state index < -0.39 is 35.2 Å². The van der Waals surface area contributed by atoms with Crippen molar-refractivity contribution in [1.82, 2.24) is 4.90 Å². The van der Waals surface area contributed by atoms with Gasteiger partial charge in [-0.25, -0.2) is 13.6 Å². The number of nitrogens with zero attached hydrogens (tertiary/aromatic N) is 1. The number of carboxylic acids is 1. The van der Waals surface area contributed by atoms with Crippen LogP contribution in [0.5, 0.6) is 0 Å². The van der Waals surface area contributed by atoms with Gasteiger partial charge in [-0.15, -0.1) is 0 Å². The van der Waals surface area contributed by atoms with Crippen molar-refractivity contribution in [3.8, 4) is 0 Å². The van der Waals surface area contributed by atoms with Gasteiger partial charge < -0.3 is 15.3 Å². The zero-order valence-corrected chi connectivity index (χ0v) is 12.1. The van der Waals surface area contributed by atoms with Crippen LogP contribution in [0.1, 0.15) is 19.4 Å². The van der Waals surface area contributed by atoms with Crippen molar-refractivity contribution in [3.05, 3.63) is 29.3 Å². The average molecular weight is 300 g/mol. The van der Waals surface area contributed by atoms with Crippen molar-refractivity contribution >= 4 is 17.7 Å². The normalized spacial score (nSPS) is 11.9. The number of aliphatic carboxylic acids is 1. The molecule has 0 aliphatic heterocycles. The molecule has 0 spiro atoms. The SMILES string of the molecule is CCN(CC(C)C(=O)O)C(=O)Nc1c(F)ccc(C)c1F. The Morgan fingerprint density at radius 1 is 1.38 bits per heavy atom. The molecule has 1 unspecified atom stereocenters. The van der Waals surface area contributed by atoms with E-state index >= 15 is 0 Å². The fraction of sp³-hybridized carbons (Fsp3) is 0.429. The molecule has 1 atom stereocenters. The number of amides is 2. The van der Waals surface area contributed by atoms with Gasteiger partial charge in [0.2, 0.25) is 0 Å². The number of nitrogens with one attached hydrogen (secondary N) is 1. The minimum Gasteiger partial charge on any atom is -0.481 e. The molecule has 2 N–H and O–H groups in total. The summed E-state index contributed by atoms with van der Waals surface area (Å²) < 4.78 is 27.4. The summed E-state index contributed by atoms with van der Waals surface area (Å²) in [5.74, 6) is -3.54. The zero-order chi connectivity index (χ0) is 16.2. The molecule has 5 nitrogen and oxygen atoms in total. The van der Waals surface area contributed by atoms with E-state index in [1.54, 1.807) is 6.92 Å². The predicted molar refractivity (Wildman–Crippen MR) is 74.2 cm³/mol. The van der Waals surface area contributed by atoms with Gasteiger partial charge in [-0.2, -0.15) is 0 Å². The molecule has 1 aromatic carbocycles. The van der Waals surface area contributed by atoms with Crippen molar-refractivity contribution in [3.63, 3.8) is 0 Å². The number of halogens is 2. The monoisotopic (exact) mass is 300 g/mol. The minimum absolute atomic E-state index is 0.0489. The van der Waals surface area contributed by atoms with E-state index in [-0.39, 0.29) is 18.7 Å². The molecule has 2 amide bonds. The van der Waals surface area contributed by atoms with Gasteiger partial charge in [0.25, 0.3) is 0 Å². The first-order chi connectivity index (χ1) is 9.77. The van der Waals surface area contributed by atoms with E-state index in [1.807, 2.05) is 0 Å². The van der Waals surface area contributed by atoms with Crippen LogP contribution in [0.25, 0.3) is 0 Å². The highest BCUT2D eigenvalue weighted by Crippen LogP contribution is 2.22. The maximum absolute atomic E-state index is 13.8. The largest absolute Gasteiger partial charge is 0.481 e. The molecule has 0 radical (unpaired) electrons. The lowest BCUT2D eigenvalue weighted by Gasteiger charge is -2.23. The number of carboxylic acid groups (broad SMARTS) is 1. The van der Waals surface area contributed by atoms with Gasteiger partial charge in [-0.3, -0.25) is 4.79 Å². The number of anilines is 1. The zero-order valence-electron chi connectivity index (χ0n) is 12.1. The van der Waals surface area contributed by atoms with Gasteiger partial charge in [0.15, 0.2) is 5.82 Å². The number of hydrogen-bond acceptors (Lipinski definition) is 2. The maximum atomic E-state index is 13.8.